The average molecular weight is 441 g/mol. The van der Waals surface area contributed by atoms with Crippen LogP contribution in [0, 0.1) is 11.6 Å². The van der Waals surface area contributed by atoms with Crippen molar-refractivity contribution in [2.75, 3.05) is 13.4 Å². The molecule has 0 aromatic heterocycles. The Kier molecular flexibility index (Phi) is 6.21. The summed E-state index contributed by atoms with van der Waals surface area (Å²) in [4.78, 5) is 11.7. The molecule has 0 aliphatic heterocycles. The van der Waals surface area contributed by atoms with Gasteiger partial charge in [0.05, 0.1) is 18.9 Å². The first-order valence-electron chi connectivity index (χ1n) is 7.42. The van der Waals surface area contributed by atoms with Crippen molar-refractivity contribution in [1.82, 2.24) is 4.72 Å². The maximum Gasteiger partial charge on any atom is 0.573 e. The van der Waals surface area contributed by atoms with Crippen molar-refractivity contribution in [3.63, 3.8) is 0 Å². The summed E-state index contributed by atoms with van der Waals surface area (Å²) >= 11 is 0. The predicted molar refractivity (Wildman–Crippen MR) is 88.4 cm³/mol. The monoisotopic (exact) mass is 441 g/mol. The van der Waals surface area contributed by atoms with Gasteiger partial charge in [-0.25, -0.2) is 21.9 Å². The summed E-state index contributed by atoms with van der Waals surface area (Å²) in [7, 11) is -2.92. The van der Waals surface area contributed by atoms with Gasteiger partial charge in [0.25, 0.3) is 5.91 Å². The summed E-state index contributed by atoms with van der Waals surface area (Å²) < 4.78 is 102. The fourth-order valence-electron chi connectivity index (χ4n) is 2.05. The minimum Gasteiger partial charge on any atom is -0.493 e. The van der Waals surface area contributed by atoms with E-state index in [1.54, 1.807) is 0 Å². The van der Waals surface area contributed by atoms with Gasteiger partial charge < -0.3 is 14.2 Å². The van der Waals surface area contributed by atoms with E-state index in [2.05, 4.69) is 4.74 Å². The van der Waals surface area contributed by atoms with Crippen LogP contribution in [0.2, 0.25) is 0 Å². The van der Waals surface area contributed by atoms with Crippen LogP contribution in [-0.4, -0.2) is 34.1 Å². The highest BCUT2D eigenvalue weighted by Crippen LogP contribution is 2.37. The SMILES string of the molecule is COc1cc(OC(F)(F)F)ccc1Oc1cc(F)c(C(=O)NS(C)(=O)=O)cc1F. The molecule has 1 N–H and O–H groups in total. The zero-order chi connectivity index (χ0) is 22.0. The van der Waals surface area contributed by atoms with Crippen molar-refractivity contribution in [2.45, 2.75) is 6.36 Å². The van der Waals surface area contributed by atoms with E-state index in [1.807, 2.05) is 0 Å². The van der Waals surface area contributed by atoms with Crippen LogP contribution >= 0.6 is 0 Å². The van der Waals surface area contributed by atoms with Gasteiger partial charge in [0.2, 0.25) is 10.0 Å². The predicted octanol–water partition coefficient (Wildman–Crippen LogP) is 3.35. The first-order valence-corrected chi connectivity index (χ1v) is 9.31. The molecule has 0 spiro atoms. The molecule has 2 aromatic rings. The van der Waals surface area contributed by atoms with Gasteiger partial charge in [-0.15, -0.1) is 13.2 Å². The van der Waals surface area contributed by atoms with Crippen LogP contribution in [-0.2, 0) is 10.0 Å². The number of sulfonamides is 1. The van der Waals surface area contributed by atoms with E-state index in [0.717, 1.165) is 25.3 Å². The van der Waals surface area contributed by atoms with Crippen molar-refractivity contribution in [2.24, 2.45) is 0 Å². The summed E-state index contributed by atoms with van der Waals surface area (Å²) in [5.41, 5.74) is -0.902. The highest BCUT2D eigenvalue weighted by molar-refractivity contribution is 7.89. The first-order chi connectivity index (χ1) is 13.3. The van der Waals surface area contributed by atoms with Gasteiger partial charge >= 0.3 is 6.36 Å². The van der Waals surface area contributed by atoms with E-state index in [4.69, 9.17) is 9.47 Å². The Bertz CT molecular complexity index is 1040. The molecule has 0 aliphatic rings. The van der Waals surface area contributed by atoms with E-state index >= 15 is 0 Å². The number of ether oxygens (including phenoxy) is 3. The normalized spacial score (nSPS) is 11.7. The van der Waals surface area contributed by atoms with Gasteiger partial charge in [0.1, 0.15) is 11.6 Å². The highest BCUT2D eigenvalue weighted by Gasteiger charge is 2.31. The van der Waals surface area contributed by atoms with Crippen molar-refractivity contribution < 1.29 is 49.4 Å². The lowest BCUT2D eigenvalue weighted by Crippen LogP contribution is -2.30. The van der Waals surface area contributed by atoms with Crippen LogP contribution in [0.4, 0.5) is 22.0 Å². The minimum absolute atomic E-state index is 0.284. The second-order valence-corrected chi connectivity index (χ2v) is 7.18. The van der Waals surface area contributed by atoms with Crippen molar-refractivity contribution in [3.8, 4) is 23.0 Å². The van der Waals surface area contributed by atoms with Gasteiger partial charge in [-0.05, 0) is 18.2 Å². The molecule has 13 heteroatoms. The second-order valence-electron chi connectivity index (χ2n) is 5.43. The zero-order valence-electron chi connectivity index (χ0n) is 14.6. The fraction of sp³-hybridized carbons (Fsp3) is 0.188. The van der Waals surface area contributed by atoms with Crippen molar-refractivity contribution in [3.05, 3.63) is 47.5 Å². The maximum absolute atomic E-state index is 14.2. The van der Waals surface area contributed by atoms with Gasteiger partial charge in [0, 0.05) is 12.1 Å². The molecule has 0 saturated heterocycles. The number of carbonyl (C=O) groups is 1. The van der Waals surface area contributed by atoms with Crippen LogP contribution in [0.3, 0.4) is 0 Å². The number of halogens is 5. The molecule has 0 aliphatic carbocycles. The minimum atomic E-state index is -4.95. The maximum atomic E-state index is 14.2. The molecule has 0 heterocycles. The summed E-state index contributed by atoms with van der Waals surface area (Å²) in [6, 6.07) is 3.49. The van der Waals surface area contributed by atoms with E-state index < -0.39 is 51.0 Å². The topological polar surface area (TPSA) is 90.9 Å². The fourth-order valence-corrected chi connectivity index (χ4v) is 2.50. The Morgan fingerprint density at radius 3 is 2.21 bits per heavy atom. The van der Waals surface area contributed by atoms with Crippen LogP contribution in [0.5, 0.6) is 23.0 Å². The largest absolute Gasteiger partial charge is 0.573 e. The number of methoxy groups -OCH3 is 1. The van der Waals surface area contributed by atoms with E-state index in [0.29, 0.717) is 18.4 Å². The summed E-state index contributed by atoms with van der Waals surface area (Å²) in [6.07, 6.45) is -4.31. The van der Waals surface area contributed by atoms with Crippen LogP contribution in [0.25, 0.3) is 0 Å². The van der Waals surface area contributed by atoms with E-state index in [9.17, 15) is 35.2 Å². The third-order valence-electron chi connectivity index (χ3n) is 3.13. The quantitative estimate of drug-likeness (QED) is 0.692. The number of rotatable bonds is 6. The molecule has 0 saturated carbocycles. The summed E-state index contributed by atoms with van der Waals surface area (Å²) in [5, 5.41) is 0. The Morgan fingerprint density at radius 1 is 1.00 bits per heavy atom. The van der Waals surface area contributed by atoms with Crippen molar-refractivity contribution in [1.29, 1.82) is 0 Å². The average Bonchev–Trinajstić information content (AvgIpc) is 2.56. The molecular formula is C16H12F5NO6S. The molecule has 0 fully saturated rings. The number of benzene rings is 2. The standard InChI is InChI=1S/C16H12F5NO6S/c1-26-14-5-8(28-16(19,20)21)3-4-12(14)27-13-7-10(17)9(6-11(13)18)15(23)22-29(2,24)25/h3-7H,1-2H3,(H,22,23). The molecule has 1 amide bonds. The van der Waals surface area contributed by atoms with Crippen molar-refractivity contribution >= 4 is 15.9 Å². The van der Waals surface area contributed by atoms with E-state index in [1.165, 1.54) is 4.72 Å². The molecule has 29 heavy (non-hydrogen) atoms. The summed E-state index contributed by atoms with van der Waals surface area (Å²) in [5.74, 6) is -5.90. The number of amides is 1. The van der Waals surface area contributed by atoms with Gasteiger partial charge in [-0.2, -0.15) is 0 Å². The number of nitrogens with one attached hydrogen (secondary N) is 1. The zero-order valence-corrected chi connectivity index (χ0v) is 15.5. The number of alkyl halides is 3. The number of hydrogen-bond acceptors (Lipinski definition) is 6. The third kappa shape index (κ3) is 6.20. The Hall–Kier alpha value is -3.09. The lowest BCUT2D eigenvalue weighted by molar-refractivity contribution is -0.274. The highest BCUT2D eigenvalue weighted by atomic mass is 32.2. The molecule has 158 valence electrons. The second kappa shape index (κ2) is 8.11. The van der Waals surface area contributed by atoms with Gasteiger partial charge in [-0.3, -0.25) is 4.79 Å². The van der Waals surface area contributed by atoms with Gasteiger partial charge in [0.15, 0.2) is 23.1 Å². The first kappa shape index (κ1) is 22.2. The molecule has 0 atom stereocenters. The molecule has 7 nitrogen and oxygen atoms in total. The Labute approximate surface area is 161 Å². The Balaban J connectivity index is 2.33. The lowest BCUT2D eigenvalue weighted by atomic mass is 10.2. The van der Waals surface area contributed by atoms with Crippen LogP contribution in [0.1, 0.15) is 10.4 Å². The molecule has 0 unspecified atom stereocenters. The molecule has 0 bridgehead atoms. The molecular weight excluding hydrogens is 429 g/mol. The number of hydrogen-bond donors (Lipinski definition) is 1. The van der Waals surface area contributed by atoms with Crippen LogP contribution < -0.4 is 18.9 Å². The molecule has 2 rings (SSSR count). The molecule has 2 aromatic carbocycles. The third-order valence-corrected chi connectivity index (χ3v) is 3.69. The van der Waals surface area contributed by atoms with E-state index in [-0.39, 0.29) is 11.5 Å². The van der Waals surface area contributed by atoms with Crippen LogP contribution in [0.15, 0.2) is 30.3 Å². The Morgan fingerprint density at radius 2 is 1.66 bits per heavy atom. The lowest BCUT2D eigenvalue weighted by Gasteiger charge is -2.14. The smallest absolute Gasteiger partial charge is 0.493 e. The van der Waals surface area contributed by atoms with Gasteiger partial charge in [-0.1, -0.05) is 0 Å². The summed E-state index contributed by atoms with van der Waals surface area (Å²) in [6.45, 7) is 0. The number of carbonyl (C=O) groups excluding carboxylic acids is 1. The molecule has 0 radical (unpaired) electrons.